The number of carbonyl (C=O) groups excluding carboxylic acids is 2. The second kappa shape index (κ2) is 13.3. The lowest BCUT2D eigenvalue weighted by Gasteiger charge is -2.23. The van der Waals surface area contributed by atoms with Gasteiger partial charge >= 0.3 is 0 Å². The minimum atomic E-state index is -0.753. The van der Waals surface area contributed by atoms with Gasteiger partial charge in [-0.2, -0.15) is 9.49 Å². The highest BCUT2D eigenvalue weighted by Gasteiger charge is 2.38. The summed E-state index contributed by atoms with van der Waals surface area (Å²) in [5, 5.41) is 10.6. The highest BCUT2D eigenvalue weighted by atomic mass is 19.1. The molecule has 40 heavy (non-hydrogen) atoms. The molecule has 0 aromatic carbocycles. The number of hydrogen-bond donors (Lipinski definition) is 4. The van der Waals surface area contributed by atoms with E-state index in [9.17, 15) is 18.4 Å². The molecule has 3 saturated carbocycles. The zero-order valence-corrected chi connectivity index (χ0v) is 23.2. The quantitative estimate of drug-likeness (QED) is 0.150. The number of nitrogens with one attached hydrogen (secondary N) is 2. The summed E-state index contributed by atoms with van der Waals surface area (Å²) < 4.78 is 30.8. The van der Waals surface area contributed by atoms with E-state index >= 15 is 0 Å². The SMILES string of the molecule is CC(C)n1nccc1C(N)=O.NNC(=NCC1CC1)C(C1CC1)n1cc(NC(=O)CC2CCC(F)CC2)c(F)n1. The summed E-state index contributed by atoms with van der Waals surface area (Å²) >= 11 is 0. The molecule has 5 rings (SSSR count). The Labute approximate surface area is 233 Å². The molecule has 2 aromatic rings. The Hall–Kier alpha value is -3.35. The third-order valence-electron chi connectivity index (χ3n) is 7.62. The number of anilines is 1. The second-order valence-electron chi connectivity index (χ2n) is 11.4. The van der Waals surface area contributed by atoms with E-state index in [0.29, 0.717) is 49.0 Å². The molecular weight excluding hydrogens is 520 g/mol. The molecule has 2 amide bonds. The van der Waals surface area contributed by atoms with Gasteiger partial charge in [0.15, 0.2) is 0 Å². The fourth-order valence-corrected chi connectivity index (χ4v) is 5.04. The maximum atomic E-state index is 14.4. The number of primary amides is 1. The van der Waals surface area contributed by atoms with Crippen LogP contribution in [-0.2, 0) is 4.79 Å². The molecule has 220 valence electrons. The number of hydrazine groups is 1. The number of aliphatic imine (C=N–C) groups is 1. The Bertz CT molecular complexity index is 1180. The second-order valence-corrected chi connectivity index (χ2v) is 11.4. The molecule has 0 spiro atoms. The lowest BCUT2D eigenvalue weighted by molar-refractivity contribution is -0.117. The highest BCUT2D eigenvalue weighted by Crippen LogP contribution is 2.41. The van der Waals surface area contributed by atoms with Crippen LogP contribution >= 0.6 is 0 Å². The number of nitrogens with two attached hydrogens (primary N) is 2. The average Bonchev–Trinajstić information content (AvgIpc) is 3.84. The molecule has 2 heterocycles. The van der Waals surface area contributed by atoms with Crippen molar-refractivity contribution < 1.29 is 18.4 Å². The minimum Gasteiger partial charge on any atom is -0.364 e. The molecule has 0 radical (unpaired) electrons. The lowest BCUT2D eigenvalue weighted by Crippen LogP contribution is -2.39. The van der Waals surface area contributed by atoms with Crippen LogP contribution in [0, 0.1) is 23.7 Å². The highest BCUT2D eigenvalue weighted by molar-refractivity contribution is 5.91. The van der Waals surface area contributed by atoms with Gasteiger partial charge in [-0.15, -0.1) is 5.10 Å². The number of amidine groups is 1. The van der Waals surface area contributed by atoms with E-state index in [4.69, 9.17) is 11.6 Å². The van der Waals surface area contributed by atoms with E-state index < -0.39 is 18.0 Å². The minimum absolute atomic E-state index is 0.0680. The summed E-state index contributed by atoms with van der Waals surface area (Å²) in [6.45, 7) is 4.61. The van der Waals surface area contributed by atoms with Gasteiger partial charge in [0.05, 0.1) is 6.20 Å². The zero-order valence-electron chi connectivity index (χ0n) is 23.2. The van der Waals surface area contributed by atoms with Gasteiger partial charge in [-0.3, -0.25) is 23.9 Å². The first kappa shape index (κ1) is 29.6. The molecule has 0 aliphatic heterocycles. The predicted octanol–water partition coefficient (Wildman–Crippen LogP) is 3.66. The predicted molar refractivity (Wildman–Crippen MR) is 148 cm³/mol. The van der Waals surface area contributed by atoms with E-state index in [1.54, 1.807) is 16.9 Å². The Morgan fingerprint density at radius 3 is 2.35 bits per heavy atom. The summed E-state index contributed by atoms with van der Waals surface area (Å²) in [5.74, 6) is 6.00. The maximum Gasteiger partial charge on any atom is 0.266 e. The van der Waals surface area contributed by atoms with Crippen LogP contribution in [0.3, 0.4) is 0 Å². The summed E-state index contributed by atoms with van der Waals surface area (Å²) in [4.78, 5) is 27.7. The van der Waals surface area contributed by atoms with Crippen molar-refractivity contribution >= 4 is 23.3 Å². The van der Waals surface area contributed by atoms with Crippen LogP contribution in [0.25, 0.3) is 0 Å². The Balaban J connectivity index is 0.000000283. The number of halogens is 2. The van der Waals surface area contributed by atoms with Crippen LogP contribution in [0.15, 0.2) is 23.5 Å². The number of amides is 2. The van der Waals surface area contributed by atoms with Crippen molar-refractivity contribution in [1.29, 1.82) is 0 Å². The van der Waals surface area contributed by atoms with Crippen molar-refractivity contribution in [2.75, 3.05) is 11.9 Å². The Morgan fingerprint density at radius 1 is 1.12 bits per heavy atom. The third kappa shape index (κ3) is 8.09. The molecule has 1 atom stereocenters. The fourth-order valence-electron chi connectivity index (χ4n) is 5.04. The fraction of sp³-hybridized carbons (Fsp3) is 0.667. The van der Waals surface area contributed by atoms with Gasteiger partial charge in [-0.1, -0.05) is 0 Å². The summed E-state index contributed by atoms with van der Waals surface area (Å²) in [7, 11) is 0. The van der Waals surface area contributed by atoms with E-state index in [1.807, 2.05) is 13.8 Å². The van der Waals surface area contributed by atoms with Crippen molar-refractivity contribution in [1.82, 2.24) is 25.0 Å². The van der Waals surface area contributed by atoms with Crippen molar-refractivity contribution in [3.63, 3.8) is 0 Å². The molecule has 0 saturated heterocycles. The Morgan fingerprint density at radius 2 is 1.80 bits per heavy atom. The van der Waals surface area contributed by atoms with Crippen LogP contribution in [-0.4, -0.2) is 49.9 Å². The number of hydrogen-bond acceptors (Lipinski definition) is 6. The number of aromatic nitrogens is 4. The van der Waals surface area contributed by atoms with Crippen LogP contribution < -0.4 is 22.3 Å². The molecule has 3 aliphatic carbocycles. The van der Waals surface area contributed by atoms with Gasteiger partial charge in [-0.25, -0.2) is 10.2 Å². The lowest BCUT2D eigenvalue weighted by atomic mass is 9.86. The topological polar surface area (TPSA) is 158 Å². The van der Waals surface area contributed by atoms with Crippen molar-refractivity contribution in [3.05, 3.63) is 30.1 Å². The van der Waals surface area contributed by atoms with E-state index in [2.05, 4.69) is 25.9 Å². The van der Waals surface area contributed by atoms with Crippen molar-refractivity contribution in [2.45, 2.75) is 89.9 Å². The van der Waals surface area contributed by atoms with Gasteiger partial charge in [0, 0.05) is 25.2 Å². The van der Waals surface area contributed by atoms with Crippen LogP contribution in [0.1, 0.15) is 94.2 Å². The molecule has 11 nitrogen and oxygen atoms in total. The summed E-state index contributed by atoms with van der Waals surface area (Å²) in [5.41, 5.74) is 8.30. The van der Waals surface area contributed by atoms with Gasteiger partial charge in [0.2, 0.25) is 5.91 Å². The van der Waals surface area contributed by atoms with Crippen LogP contribution in [0.4, 0.5) is 14.5 Å². The van der Waals surface area contributed by atoms with Gasteiger partial charge in [-0.05, 0) is 89.0 Å². The monoisotopic (exact) mass is 561 g/mol. The molecule has 2 aromatic heterocycles. The largest absolute Gasteiger partial charge is 0.364 e. The summed E-state index contributed by atoms with van der Waals surface area (Å²) in [6, 6.07) is 1.54. The van der Waals surface area contributed by atoms with Gasteiger partial charge in [0.25, 0.3) is 11.9 Å². The number of carbonyl (C=O) groups is 2. The van der Waals surface area contributed by atoms with Crippen LogP contribution in [0.5, 0.6) is 0 Å². The van der Waals surface area contributed by atoms with E-state index in [-0.39, 0.29) is 36.0 Å². The first-order valence-electron chi connectivity index (χ1n) is 14.2. The molecule has 6 N–H and O–H groups in total. The average molecular weight is 562 g/mol. The number of alkyl halides is 1. The van der Waals surface area contributed by atoms with Crippen molar-refractivity contribution in [3.8, 4) is 0 Å². The van der Waals surface area contributed by atoms with E-state index in [1.165, 1.54) is 23.7 Å². The standard InChI is InChI=1S/C20H30F2N6O.C7H11N3O/c21-15-7-3-12(4-8-15)9-17(29)25-16-11-28(27-19(16)22)18(14-5-6-14)20(26-23)24-10-13-1-2-13;1-5(2)10-6(7(8)11)3-4-9-10/h11-15,18H,1-10,23H2,(H,24,26)(H,25,29);3-5H,1-2H3,(H2,8,11). The number of rotatable bonds is 10. The van der Waals surface area contributed by atoms with Crippen molar-refractivity contribution in [2.24, 2.45) is 34.3 Å². The third-order valence-corrected chi connectivity index (χ3v) is 7.62. The first-order chi connectivity index (χ1) is 19.2. The maximum absolute atomic E-state index is 14.4. The normalized spacial score (nSPS) is 21.9. The smallest absolute Gasteiger partial charge is 0.266 e. The van der Waals surface area contributed by atoms with E-state index in [0.717, 1.165) is 19.4 Å². The van der Waals surface area contributed by atoms with Gasteiger partial charge < -0.3 is 16.5 Å². The first-order valence-corrected chi connectivity index (χ1v) is 14.2. The zero-order chi connectivity index (χ0) is 28.8. The van der Waals surface area contributed by atoms with Crippen LogP contribution in [0.2, 0.25) is 0 Å². The molecule has 0 bridgehead atoms. The molecule has 3 fully saturated rings. The van der Waals surface area contributed by atoms with Gasteiger partial charge in [0.1, 0.15) is 29.4 Å². The molecule has 13 heteroatoms. The summed E-state index contributed by atoms with van der Waals surface area (Å²) in [6.07, 6.45) is 9.42. The number of nitrogens with zero attached hydrogens (tertiary/aromatic N) is 5. The molecular formula is C27H41F2N9O2. The Kier molecular flexibility index (Phi) is 9.88. The molecule has 1 unspecified atom stereocenters. The molecule has 3 aliphatic rings.